The molecule has 2 heteroatoms. The molecule has 0 spiro atoms. The van der Waals surface area contributed by atoms with Crippen LogP contribution in [0.4, 0.5) is 5.69 Å². The number of benzene rings is 2. The van der Waals surface area contributed by atoms with Gasteiger partial charge in [0, 0.05) is 16.3 Å². The normalized spacial score (nSPS) is 10.5. The molecule has 0 aliphatic carbocycles. The molecule has 17 heavy (non-hydrogen) atoms. The maximum atomic E-state index is 5.97. The van der Waals surface area contributed by atoms with Crippen LogP contribution in [0.15, 0.2) is 42.5 Å². The van der Waals surface area contributed by atoms with Gasteiger partial charge in [0.05, 0.1) is 0 Å². The van der Waals surface area contributed by atoms with Crippen molar-refractivity contribution in [3.05, 3.63) is 53.1 Å². The van der Waals surface area contributed by atoms with Crippen LogP contribution in [0.2, 0.25) is 5.02 Å². The minimum atomic E-state index is 0.675. The number of aryl methyl sites for hydroxylation is 1. The average Bonchev–Trinajstić information content (AvgIpc) is 2.31. The van der Waals surface area contributed by atoms with E-state index in [2.05, 4.69) is 31.2 Å². The van der Waals surface area contributed by atoms with E-state index in [0.29, 0.717) is 5.02 Å². The smallest absolute Gasteiger partial charge is 0.0426 e. The van der Waals surface area contributed by atoms with Crippen molar-refractivity contribution in [2.24, 2.45) is 0 Å². The van der Waals surface area contributed by atoms with Crippen molar-refractivity contribution in [3.8, 4) is 11.1 Å². The third-order valence-corrected chi connectivity index (χ3v) is 3.05. The van der Waals surface area contributed by atoms with E-state index in [9.17, 15) is 0 Å². The van der Waals surface area contributed by atoms with Crippen LogP contribution in [-0.2, 0) is 6.42 Å². The lowest BCUT2D eigenvalue weighted by Crippen LogP contribution is -1.90. The number of hydrogen-bond donors (Lipinski definition) is 1. The van der Waals surface area contributed by atoms with E-state index >= 15 is 0 Å². The van der Waals surface area contributed by atoms with Crippen LogP contribution in [0.5, 0.6) is 0 Å². The SMILES string of the molecule is CCCc1ccc(-c2ccc(Cl)cc2N)cc1. The predicted octanol–water partition coefficient (Wildman–Crippen LogP) is 4.54. The maximum absolute atomic E-state index is 5.97. The largest absolute Gasteiger partial charge is 0.398 e. The summed E-state index contributed by atoms with van der Waals surface area (Å²) in [7, 11) is 0. The highest BCUT2D eigenvalue weighted by molar-refractivity contribution is 6.31. The van der Waals surface area contributed by atoms with Crippen LogP contribution in [0.1, 0.15) is 18.9 Å². The minimum Gasteiger partial charge on any atom is -0.398 e. The van der Waals surface area contributed by atoms with Crippen LogP contribution >= 0.6 is 11.6 Å². The standard InChI is InChI=1S/C15H16ClN/c1-2-3-11-4-6-12(7-5-11)14-9-8-13(16)10-15(14)17/h4-10H,2-3,17H2,1H3. The fourth-order valence-electron chi connectivity index (χ4n) is 1.94. The summed E-state index contributed by atoms with van der Waals surface area (Å²) in [5.74, 6) is 0. The van der Waals surface area contributed by atoms with Crippen LogP contribution in [-0.4, -0.2) is 0 Å². The molecule has 0 saturated carbocycles. The summed E-state index contributed by atoms with van der Waals surface area (Å²) in [6, 6.07) is 14.2. The Morgan fingerprint density at radius 2 is 1.76 bits per heavy atom. The van der Waals surface area contributed by atoms with E-state index in [0.717, 1.165) is 23.2 Å². The fraction of sp³-hybridized carbons (Fsp3) is 0.200. The summed E-state index contributed by atoms with van der Waals surface area (Å²) < 4.78 is 0. The molecule has 0 fully saturated rings. The highest BCUT2D eigenvalue weighted by Gasteiger charge is 2.03. The third-order valence-electron chi connectivity index (χ3n) is 2.82. The summed E-state index contributed by atoms with van der Waals surface area (Å²) >= 11 is 5.89. The third kappa shape index (κ3) is 2.80. The Morgan fingerprint density at radius 3 is 2.35 bits per heavy atom. The van der Waals surface area contributed by atoms with Crippen molar-refractivity contribution >= 4 is 17.3 Å². The van der Waals surface area contributed by atoms with Gasteiger partial charge in [0.2, 0.25) is 0 Å². The molecule has 1 nitrogen and oxygen atoms in total. The Kier molecular flexibility index (Phi) is 3.70. The number of anilines is 1. The van der Waals surface area contributed by atoms with Gasteiger partial charge in [-0.1, -0.05) is 55.3 Å². The Morgan fingerprint density at radius 1 is 1.06 bits per heavy atom. The molecule has 0 amide bonds. The highest BCUT2D eigenvalue weighted by atomic mass is 35.5. The fourth-order valence-corrected chi connectivity index (χ4v) is 2.12. The quantitative estimate of drug-likeness (QED) is 0.790. The first-order valence-electron chi connectivity index (χ1n) is 5.85. The van der Waals surface area contributed by atoms with Crippen molar-refractivity contribution in [3.63, 3.8) is 0 Å². The number of nitrogens with two attached hydrogens (primary N) is 1. The van der Waals surface area contributed by atoms with Gasteiger partial charge in [-0.15, -0.1) is 0 Å². The second-order valence-corrected chi connectivity index (χ2v) is 4.61. The van der Waals surface area contributed by atoms with E-state index in [4.69, 9.17) is 17.3 Å². The molecule has 0 aromatic heterocycles. The topological polar surface area (TPSA) is 26.0 Å². The minimum absolute atomic E-state index is 0.675. The molecular formula is C15H16ClN. The zero-order valence-corrected chi connectivity index (χ0v) is 10.7. The molecule has 2 rings (SSSR count). The van der Waals surface area contributed by atoms with Crippen molar-refractivity contribution < 1.29 is 0 Å². The van der Waals surface area contributed by atoms with Crippen molar-refractivity contribution in [2.45, 2.75) is 19.8 Å². The first kappa shape index (κ1) is 12.0. The maximum Gasteiger partial charge on any atom is 0.0426 e. The first-order valence-corrected chi connectivity index (χ1v) is 6.23. The molecule has 0 aliphatic heterocycles. The van der Waals surface area contributed by atoms with E-state index in [1.165, 1.54) is 12.0 Å². The molecule has 0 radical (unpaired) electrons. The van der Waals surface area contributed by atoms with Gasteiger partial charge in [0.15, 0.2) is 0 Å². The molecule has 0 aliphatic rings. The monoisotopic (exact) mass is 245 g/mol. The van der Waals surface area contributed by atoms with Gasteiger partial charge in [-0.05, 0) is 29.7 Å². The second-order valence-electron chi connectivity index (χ2n) is 4.18. The van der Waals surface area contributed by atoms with Gasteiger partial charge in [-0.3, -0.25) is 0 Å². The summed E-state index contributed by atoms with van der Waals surface area (Å²) in [6.45, 7) is 2.19. The highest BCUT2D eigenvalue weighted by Crippen LogP contribution is 2.28. The van der Waals surface area contributed by atoms with Crippen LogP contribution in [0.3, 0.4) is 0 Å². The number of rotatable bonds is 3. The zero-order valence-electron chi connectivity index (χ0n) is 9.91. The van der Waals surface area contributed by atoms with E-state index in [1.54, 1.807) is 6.07 Å². The Labute approximate surface area is 107 Å². The van der Waals surface area contributed by atoms with Crippen LogP contribution < -0.4 is 5.73 Å². The lowest BCUT2D eigenvalue weighted by Gasteiger charge is -2.07. The summed E-state index contributed by atoms with van der Waals surface area (Å²) in [4.78, 5) is 0. The van der Waals surface area contributed by atoms with Crippen LogP contribution in [0, 0.1) is 0 Å². The molecular weight excluding hydrogens is 230 g/mol. The average molecular weight is 246 g/mol. The number of nitrogen functional groups attached to an aromatic ring is 1. The van der Waals surface area contributed by atoms with Gasteiger partial charge in [-0.2, -0.15) is 0 Å². The predicted molar refractivity (Wildman–Crippen MR) is 75.3 cm³/mol. The van der Waals surface area contributed by atoms with Crippen molar-refractivity contribution in [1.82, 2.24) is 0 Å². The molecule has 2 aromatic carbocycles. The summed E-state index contributed by atoms with van der Waals surface area (Å²) in [5.41, 5.74) is 10.2. The Balaban J connectivity index is 2.33. The molecule has 0 saturated heterocycles. The van der Waals surface area contributed by atoms with E-state index < -0.39 is 0 Å². The lowest BCUT2D eigenvalue weighted by molar-refractivity contribution is 0.922. The van der Waals surface area contributed by atoms with E-state index in [1.807, 2.05) is 12.1 Å². The second kappa shape index (κ2) is 5.24. The Bertz CT molecular complexity index is 503. The van der Waals surface area contributed by atoms with Gasteiger partial charge in [-0.25, -0.2) is 0 Å². The molecule has 88 valence electrons. The molecule has 0 bridgehead atoms. The lowest BCUT2D eigenvalue weighted by atomic mass is 10.0. The number of halogens is 1. The molecule has 0 unspecified atom stereocenters. The molecule has 2 aromatic rings. The van der Waals surface area contributed by atoms with Gasteiger partial charge in [0.25, 0.3) is 0 Å². The zero-order chi connectivity index (χ0) is 12.3. The summed E-state index contributed by atoms with van der Waals surface area (Å²) in [5, 5.41) is 0.675. The summed E-state index contributed by atoms with van der Waals surface area (Å²) in [6.07, 6.45) is 2.29. The van der Waals surface area contributed by atoms with Gasteiger partial charge >= 0.3 is 0 Å². The van der Waals surface area contributed by atoms with Gasteiger partial charge in [0.1, 0.15) is 0 Å². The van der Waals surface area contributed by atoms with Crippen molar-refractivity contribution in [1.29, 1.82) is 0 Å². The molecule has 0 heterocycles. The molecule has 0 atom stereocenters. The van der Waals surface area contributed by atoms with E-state index in [-0.39, 0.29) is 0 Å². The van der Waals surface area contributed by atoms with Crippen molar-refractivity contribution in [2.75, 3.05) is 5.73 Å². The first-order chi connectivity index (χ1) is 8.20. The Hall–Kier alpha value is -1.47. The van der Waals surface area contributed by atoms with Crippen LogP contribution in [0.25, 0.3) is 11.1 Å². The number of hydrogen-bond acceptors (Lipinski definition) is 1. The van der Waals surface area contributed by atoms with Gasteiger partial charge < -0.3 is 5.73 Å². The molecule has 2 N–H and O–H groups in total.